The first-order valence-corrected chi connectivity index (χ1v) is 6.91. The van der Waals surface area contributed by atoms with Crippen LogP contribution in [0, 0.1) is 0 Å². The molecule has 0 atom stereocenters. The fraction of sp³-hybridized carbons (Fsp3) is 0.286. The molecule has 0 N–H and O–H groups in total. The van der Waals surface area contributed by atoms with Gasteiger partial charge < -0.3 is 0 Å². The summed E-state index contributed by atoms with van der Waals surface area (Å²) in [5.41, 5.74) is 3.09. The summed E-state index contributed by atoms with van der Waals surface area (Å²) in [5.74, 6) is 0.426. The van der Waals surface area contributed by atoms with Crippen LogP contribution in [0.1, 0.15) is 25.5 Å². The lowest BCUT2D eigenvalue weighted by molar-refractivity contribution is 0.787. The van der Waals surface area contributed by atoms with Gasteiger partial charge in [-0.15, -0.1) is 11.8 Å². The molecule has 2 nitrogen and oxygen atoms in total. The first-order chi connectivity index (χ1) is 8.20. The molecular formula is C14H16N2S. The molecule has 88 valence electrons. The second kappa shape index (κ2) is 5.32. The molecule has 0 aliphatic carbocycles. The molecule has 0 amide bonds. The van der Waals surface area contributed by atoms with Gasteiger partial charge in [0.2, 0.25) is 0 Å². The average Bonchev–Trinajstić information content (AvgIpc) is 2.39. The van der Waals surface area contributed by atoms with E-state index in [1.165, 1.54) is 4.90 Å². The number of hydrogen-bond acceptors (Lipinski definition) is 3. The predicted molar refractivity (Wildman–Crippen MR) is 73.3 cm³/mol. The van der Waals surface area contributed by atoms with Gasteiger partial charge in [-0.1, -0.05) is 26.0 Å². The van der Waals surface area contributed by atoms with E-state index in [0.717, 1.165) is 17.0 Å². The summed E-state index contributed by atoms with van der Waals surface area (Å²) in [4.78, 5) is 1.26. The molecular weight excluding hydrogens is 228 g/mol. The van der Waals surface area contributed by atoms with E-state index >= 15 is 0 Å². The highest BCUT2D eigenvalue weighted by atomic mass is 32.2. The van der Waals surface area contributed by atoms with Gasteiger partial charge in [0.05, 0.1) is 11.4 Å². The minimum atomic E-state index is 0.426. The van der Waals surface area contributed by atoms with Crippen LogP contribution >= 0.6 is 11.8 Å². The fourth-order valence-electron chi connectivity index (χ4n) is 1.57. The van der Waals surface area contributed by atoms with Crippen molar-refractivity contribution in [2.45, 2.75) is 24.7 Å². The quantitative estimate of drug-likeness (QED) is 0.763. The Morgan fingerprint density at radius 3 is 2.12 bits per heavy atom. The van der Waals surface area contributed by atoms with E-state index in [1.54, 1.807) is 11.8 Å². The maximum Gasteiger partial charge on any atom is 0.0929 e. The van der Waals surface area contributed by atoms with E-state index in [0.29, 0.717) is 5.92 Å². The molecule has 1 aromatic carbocycles. The summed E-state index contributed by atoms with van der Waals surface area (Å²) >= 11 is 1.74. The fourth-order valence-corrected chi connectivity index (χ4v) is 1.97. The van der Waals surface area contributed by atoms with Gasteiger partial charge >= 0.3 is 0 Å². The molecule has 2 aromatic rings. The van der Waals surface area contributed by atoms with Crippen molar-refractivity contribution in [2.24, 2.45) is 0 Å². The number of benzene rings is 1. The predicted octanol–water partition coefficient (Wildman–Crippen LogP) is 3.99. The van der Waals surface area contributed by atoms with Crippen LogP contribution < -0.4 is 0 Å². The highest BCUT2D eigenvalue weighted by Gasteiger charge is 2.03. The maximum absolute atomic E-state index is 4.27. The van der Waals surface area contributed by atoms with Crippen molar-refractivity contribution in [1.29, 1.82) is 0 Å². The first kappa shape index (κ1) is 12.1. The zero-order chi connectivity index (χ0) is 12.3. The molecule has 1 aromatic heterocycles. The molecule has 0 radical (unpaired) electrons. The van der Waals surface area contributed by atoms with Crippen molar-refractivity contribution in [3.63, 3.8) is 0 Å². The molecule has 1 heterocycles. The summed E-state index contributed by atoms with van der Waals surface area (Å²) in [6, 6.07) is 12.5. The van der Waals surface area contributed by atoms with E-state index in [4.69, 9.17) is 0 Å². The SMILES string of the molecule is CSc1ccc(-c2ccc(C(C)C)nn2)cc1. The van der Waals surface area contributed by atoms with Gasteiger partial charge in [-0.2, -0.15) is 10.2 Å². The van der Waals surface area contributed by atoms with Gasteiger partial charge in [0.25, 0.3) is 0 Å². The Morgan fingerprint density at radius 1 is 0.941 bits per heavy atom. The van der Waals surface area contributed by atoms with E-state index in [2.05, 4.69) is 60.6 Å². The number of thioether (sulfide) groups is 1. The van der Waals surface area contributed by atoms with Crippen LogP contribution in [0.5, 0.6) is 0 Å². The monoisotopic (exact) mass is 244 g/mol. The lowest BCUT2D eigenvalue weighted by Gasteiger charge is -2.05. The average molecular weight is 244 g/mol. The van der Waals surface area contributed by atoms with Gasteiger partial charge in [-0.25, -0.2) is 0 Å². The van der Waals surface area contributed by atoms with Crippen LogP contribution in [-0.2, 0) is 0 Å². The van der Waals surface area contributed by atoms with Crippen LogP contribution in [0.3, 0.4) is 0 Å². The first-order valence-electron chi connectivity index (χ1n) is 5.69. The zero-order valence-corrected chi connectivity index (χ0v) is 11.2. The Balaban J connectivity index is 2.26. The van der Waals surface area contributed by atoms with E-state index in [1.807, 2.05) is 6.07 Å². The van der Waals surface area contributed by atoms with Crippen LogP contribution in [-0.4, -0.2) is 16.5 Å². The van der Waals surface area contributed by atoms with Gasteiger partial charge in [0.1, 0.15) is 0 Å². The summed E-state index contributed by atoms with van der Waals surface area (Å²) in [5, 5.41) is 8.51. The van der Waals surface area contributed by atoms with Crippen LogP contribution in [0.4, 0.5) is 0 Å². The number of rotatable bonds is 3. The highest BCUT2D eigenvalue weighted by molar-refractivity contribution is 7.98. The van der Waals surface area contributed by atoms with E-state index in [9.17, 15) is 0 Å². The second-order valence-electron chi connectivity index (χ2n) is 4.23. The zero-order valence-electron chi connectivity index (χ0n) is 10.3. The third-order valence-corrected chi connectivity index (χ3v) is 3.41. The van der Waals surface area contributed by atoms with Crippen LogP contribution in [0.15, 0.2) is 41.3 Å². The Labute approximate surface area is 106 Å². The molecule has 0 bridgehead atoms. The van der Waals surface area contributed by atoms with Crippen molar-refractivity contribution in [1.82, 2.24) is 10.2 Å². The molecule has 0 saturated heterocycles. The van der Waals surface area contributed by atoms with Gasteiger partial charge in [0.15, 0.2) is 0 Å². The minimum Gasteiger partial charge on any atom is -0.155 e. The summed E-state index contributed by atoms with van der Waals surface area (Å²) in [6.07, 6.45) is 2.08. The summed E-state index contributed by atoms with van der Waals surface area (Å²) < 4.78 is 0. The lowest BCUT2D eigenvalue weighted by atomic mass is 10.1. The molecule has 0 saturated carbocycles. The summed E-state index contributed by atoms with van der Waals surface area (Å²) in [7, 11) is 0. The standard InChI is InChI=1S/C14H16N2S/c1-10(2)13-8-9-14(16-15-13)11-4-6-12(17-3)7-5-11/h4-10H,1-3H3. The molecule has 3 heteroatoms. The van der Waals surface area contributed by atoms with Gasteiger partial charge in [-0.3, -0.25) is 0 Å². The van der Waals surface area contributed by atoms with E-state index < -0.39 is 0 Å². The molecule has 17 heavy (non-hydrogen) atoms. The van der Waals surface area contributed by atoms with Crippen LogP contribution in [0.25, 0.3) is 11.3 Å². The molecule has 0 fully saturated rings. The number of hydrogen-bond donors (Lipinski definition) is 0. The minimum absolute atomic E-state index is 0.426. The summed E-state index contributed by atoms with van der Waals surface area (Å²) in [6.45, 7) is 4.24. The van der Waals surface area contributed by atoms with Crippen molar-refractivity contribution >= 4 is 11.8 Å². The molecule has 0 spiro atoms. The number of nitrogens with zero attached hydrogens (tertiary/aromatic N) is 2. The lowest BCUT2D eigenvalue weighted by Crippen LogP contribution is -1.96. The highest BCUT2D eigenvalue weighted by Crippen LogP contribution is 2.21. The van der Waals surface area contributed by atoms with Crippen molar-refractivity contribution in [3.8, 4) is 11.3 Å². The van der Waals surface area contributed by atoms with Crippen LogP contribution in [0.2, 0.25) is 0 Å². The van der Waals surface area contributed by atoms with Gasteiger partial charge in [0, 0.05) is 10.5 Å². The van der Waals surface area contributed by atoms with Gasteiger partial charge in [-0.05, 0) is 36.4 Å². The third kappa shape index (κ3) is 2.86. The smallest absolute Gasteiger partial charge is 0.0929 e. The van der Waals surface area contributed by atoms with E-state index in [-0.39, 0.29) is 0 Å². The Bertz CT molecular complexity index is 475. The maximum atomic E-state index is 4.27. The Kier molecular flexibility index (Phi) is 3.79. The van der Waals surface area contributed by atoms with Crippen molar-refractivity contribution in [2.75, 3.05) is 6.26 Å². The molecule has 0 unspecified atom stereocenters. The third-order valence-electron chi connectivity index (χ3n) is 2.66. The van der Waals surface area contributed by atoms with Crippen molar-refractivity contribution < 1.29 is 0 Å². The molecule has 2 rings (SSSR count). The molecule has 0 aliphatic heterocycles. The second-order valence-corrected chi connectivity index (χ2v) is 5.11. The molecule has 0 aliphatic rings. The Morgan fingerprint density at radius 2 is 1.65 bits per heavy atom. The number of aromatic nitrogens is 2. The van der Waals surface area contributed by atoms with Crippen molar-refractivity contribution in [3.05, 3.63) is 42.1 Å². The largest absolute Gasteiger partial charge is 0.155 e. The normalized spacial score (nSPS) is 10.8. The Hall–Kier alpha value is -1.35. The topological polar surface area (TPSA) is 25.8 Å².